The van der Waals surface area contributed by atoms with E-state index in [9.17, 15) is 15.0 Å². The van der Waals surface area contributed by atoms with Crippen molar-refractivity contribution < 1.29 is 15.0 Å². The Hall–Kier alpha value is -0.870. The summed E-state index contributed by atoms with van der Waals surface area (Å²) in [5, 5.41) is 23.0. The fourth-order valence-corrected chi connectivity index (χ4v) is 8.48. The van der Waals surface area contributed by atoms with Crippen LogP contribution in [0.1, 0.15) is 303 Å². The summed E-state index contributed by atoms with van der Waals surface area (Å²) in [5.74, 6) is -0.0584. The molecule has 0 spiro atoms. The summed E-state index contributed by atoms with van der Waals surface area (Å²) in [5.41, 5.74) is 0. The van der Waals surface area contributed by atoms with Crippen LogP contribution in [0.25, 0.3) is 0 Å². The van der Waals surface area contributed by atoms with E-state index in [4.69, 9.17) is 0 Å². The molecule has 0 aliphatic heterocycles. The lowest BCUT2D eigenvalue weighted by molar-refractivity contribution is -0.123. The number of aliphatic hydroxyl groups excluding tert-OH is 2. The second-order valence-corrected chi connectivity index (χ2v) is 18.3. The van der Waals surface area contributed by atoms with Crippen molar-refractivity contribution in [3.63, 3.8) is 0 Å². The maximum atomic E-state index is 12.4. The predicted molar refractivity (Wildman–Crippen MR) is 253 cm³/mol. The van der Waals surface area contributed by atoms with Crippen LogP contribution < -0.4 is 5.32 Å². The average Bonchev–Trinajstić information content (AvgIpc) is 3.22. The van der Waals surface area contributed by atoms with Crippen LogP contribution >= 0.6 is 0 Å². The van der Waals surface area contributed by atoms with E-state index in [-0.39, 0.29) is 12.5 Å². The summed E-state index contributed by atoms with van der Waals surface area (Å²) < 4.78 is 0. The SMILES string of the molecule is CCCCCCCCCCCC/C=C/C(O)C(CO)NC(=O)CCCCCCCCCCCCCCCCCCCCCCCCCCCCCCCCCCC. The first-order valence-corrected chi connectivity index (χ1v) is 26.4. The van der Waals surface area contributed by atoms with E-state index in [2.05, 4.69) is 19.2 Å². The molecule has 0 heterocycles. The molecule has 1 amide bonds. The predicted octanol–water partition coefficient (Wildman–Crippen LogP) is 17.0. The topological polar surface area (TPSA) is 69.6 Å². The highest BCUT2D eigenvalue weighted by atomic mass is 16.3. The standard InChI is InChI=1S/C53H105NO3/c1-3-5-7-9-11-13-15-17-18-19-20-21-22-23-24-25-26-27-28-29-30-31-32-33-34-35-36-37-39-41-43-45-47-49-53(57)54-51(50-55)52(56)48-46-44-42-40-38-16-14-12-10-8-6-4-2/h46,48,51-52,55-56H,3-45,47,49-50H2,1-2H3,(H,54,57)/b48-46+. The van der Waals surface area contributed by atoms with Gasteiger partial charge in [-0.3, -0.25) is 4.79 Å². The minimum atomic E-state index is -0.833. The van der Waals surface area contributed by atoms with Crippen molar-refractivity contribution in [2.75, 3.05) is 6.61 Å². The van der Waals surface area contributed by atoms with Crippen molar-refractivity contribution in [2.45, 2.75) is 315 Å². The summed E-state index contributed by atoms with van der Waals surface area (Å²) in [6, 6.07) is -0.616. The van der Waals surface area contributed by atoms with Crippen LogP contribution in [0.15, 0.2) is 12.2 Å². The number of hydrogen-bond acceptors (Lipinski definition) is 3. The van der Waals surface area contributed by atoms with Gasteiger partial charge in [0.1, 0.15) is 0 Å². The Morgan fingerprint density at radius 2 is 0.649 bits per heavy atom. The van der Waals surface area contributed by atoms with Gasteiger partial charge in [-0.2, -0.15) is 0 Å². The fraction of sp³-hybridized carbons (Fsp3) is 0.943. The molecule has 0 aromatic carbocycles. The molecule has 2 atom stereocenters. The molecule has 0 radical (unpaired) electrons. The minimum Gasteiger partial charge on any atom is -0.394 e. The number of allylic oxidation sites excluding steroid dienone is 1. The maximum absolute atomic E-state index is 12.4. The third kappa shape index (κ3) is 46.1. The maximum Gasteiger partial charge on any atom is 0.220 e. The minimum absolute atomic E-state index is 0.0584. The van der Waals surface area contributed by atoms with Gasteiger partial charge in [0, 0.05) is 6.42 Å². The molecule has 0 saturated heterocycles. The number of carbonyl (C=O) groups is 1. The third-order valence-electron chi connectivity index (χ3n) is 12.5. The van der Waals surface area contributed by atoms with Gasteiger partial charge in [0.2, 0.25) is 5.91 Å². The molecule has 0 bridgehead atoms. The van der Waals surface area contributed by atoms with Gasteiger partial charge < -0.3 is 15.5 Å². The molecule has 3 N–H and O–H groups in total. The molecule has 57 heavy (non-hydrogen) atoms. The van der Waals surface area contributed by atoms with Crippen molar-refractivity contribution in [2.24, 2.45) is 0 Å². The average molecular weight is 804 g/mol. The van der Waals surface area contributed by atoms with Gasteiger partial charge in [0.25, 0.3) is 0 Å². The number of amides is 1. The number of unbranched alkanes of at least 4 members (excludes halogenated alkanes) is 42. The van der Waals surface area contributed by atoms with Crippen LogP contribution in [0.5, 0.6) is 0 Å². The van der Waals surface area contributed by atoms with Crippen molar-refractivity contribution in [3.8, 4) is 0 Å². The molecule has 0 saturated carbocycles. The third-order valence-corrected chi connectivity index (χ3v) is 12.5. The zero-order valence-electron chi connectivity index (χ0n) is 39.1. The summed E-state index contributed by atoms with van der Waals surface area (Å²) in [6.07, 6.45) is 63.8. The van der Waals surface area contributed by atoms with Crippen molar-refractivity contribution in [3.05, 3.63) is 12.2 Å². The lowest BCUT2D eigenvalue weighted by Crippen LogP contribution is -2.45. The van der Waals surface area contributed by atoms with Crippen LogP contribution in [-0.4, -0.2) is 34.9 Å². The zero-order valence-corrected chi connectivity index (χ0v) is 39.1. The summed E-state index contributed by atoms with van der Waals surface area (Å²) in [4.78, 5) is 12.4. The first-order valence-electron chi connectivity index (χ1n) is 26.4. The quantitative estimate of drug-likeness (QED) is 0.0424. The first kappa shape index (κ1) is 56.1. The van der Waals surface area contributed by atoms with Crippen LogP contribution in [0.3, 0.4) is 0 Å². The molecule has 0 aromatic rings. The molecule has 0 rings (SSSR count). The smallest absolute Gasteiger partial charge is 0.220 e. The van der Waals surface area contributed by atoms with Crippen LogP contribution in [0, 0.1) is 0 Å². The molecular weight excluding hydrogens is 699 g/mol. The highest BCUT2D eigenvalue weighted by Gasteiger charge is 2.18. The Labute approximate surface area is 358 Å². The van der Waals surface area contributed by atoms with Crippen molar-refractivity contribution in [1.29, 1.82) is 0 Å². The van der Waals surface area contributed by atoms with Gasteiger partial charge in [-0.25, -0.2) is 0 Å². The first-order chi connectivity index (χ1) is 28.2. The Morgan fingerprint density at radius 3 is 0.912 bits per heavy atom. The van der Waals surface area contributed by atoms with Gasteiger partial charge in [-0.05, 0) is 19.3 Å². The van der Waals surface area contributed by atoms with Crippen LogP contribution in [0.2, 0.25) is 0 Å². The Bertz CT molecular complexity index is 784. The fourth-order valence-electron chi connectivity index (χ4n) is 8.48. The van der Waals surface area contributed by atoms with Crippen molar-refractivity contribution in [1.82, 2.24) is 5.32 Å². The Balaban J connectivity index is 3.37. The summed E-state index contributed by atoms with van der Waals surface area (Å²) >= 11 is 0. The van der Waals surface area contributed by atoms with E-state index in [1.807, 2.05) is 6.08 Å². The van der Waals surface area contributed by atoms with Gasteiger partial charge in [-0.15, -0.1) is 0 Å². The molecular formula is C53H105NO3. The van der Waals surface area contributed by atoms with Gasteiger partial charge >= 0.3 is 0 Å². The molecule has 0 aliphatic carbocycles. The van der Waals surface area contributed by atoms with Crippen LogP contribution in [0.4, 0.5) is 0 Å². The lowest BCUT2D eigenvalue weighted by atomic mass is 10.0. The highest BCUT2D eigenvalue weighted by molar-refractivity contribution is 5.76. The number of hydrogen-bond donors (Lipinski definition) is 3. The second-order valence-electron chi connectivity index (χ2n) is 18.3. The number of nitrogens with one attached hydrogen (secondary N) is 1. The number of carbonyl (C=O) groups excluding carboxylic acids is 1. The van der Waals surface area contributed by atoms with Crippen LogP contribution in [-0.2, 0) is 4.79 Å². The second kappa shape index (κ2) is 49.5. The van der Waals surface area contributed by atoms with Gasteiger partial charge in [0.15, 0.2) is 0 Å². The summed E-state index contributed by atoms with van der Waals surface area (Å²) in [7, 11) is 0. The van der Waals surface area contributed by atoms with E-state index < -0.39 is 12.1 Å². The molecule has 4 heteroatoms. The van der Waals surface area contributed by atoms with E-state index >= 15 is 0 Å². The Morgan fingerprint density at radius 1 is 0.404 bits per heavy atom. The molecule has 0 fully saturated rings. The Kier molecular flexibility index (Phi) is 48.7. The van der Waals surface area contributed by atoms with E-state index in [1.165, 1.54) is 257 Å². The number of aliphatic hydroxyl groups is 2. The molecule has 0 aliphatic rings. The zero-order chi connectivity index (χ0) is 41.4. The van der Waals surface area contributed by atoms with Gasteiger partial charge in [0.05, 0.1) is 18.8 Å². The lowest BCUT2D eigenvalue weighted by Gasteiger charge is -2.20. The largest absolute Gasteiger partial charge is 0.394 e. The van der Waals surface area contributed by atoms with E-state index in [0.29, 0.717) is 6.42 Å². The normalized spacial score (nSPS) is 12.8. The number of rotatable bonds is 49. The van der Waals surface area contributed by atoms with E-state index in [1.54, 1.807) is 6.08 Å². The molecule has 340 valence electrons. The van der Waals surface area contributed by atoms with Gasteiger partial charge in [-0.1, -0.05) is 289 Å². The van der Waals surface area contributed by atoms with E-state index in [0.717, 1.165) is 25.7 Å². The monoisotopic (exact) mass is 804 g/mol. The van der Waals surface area contributed by atoms with Crippen molar-refractivity contribution >= 4 is 5.91 Å². The summed E-state index contributed by atoms with van der Waals surface area (Å²) in [6.45, 7) is 4.33. The molecule has 2 unspecified atom stereocenters. The molecule has 4 nitrogen and oxygen atoms in total. The molecule has 0 aromatic heterocycles. The highest BCUT2D eigenvalue weighted by Crippen LogP contribution is 2.18.